The monoisotopic (exact) mass is 688 g/mol. The van der Waals surface area contributed by atoms with Gasteiger partial charge in [-0.2, -0.15) is 0 Å². The fourth-order valence-electron chi connectivity index (χ4n) is 7.51. The van der Waals surface area contributed by atoms with E-state index in [-0.39, 0.29) is 6.04 Å². The number of allylic oxidation sites excluding steroid dienone is 12. The minimum absolute atomic E-state index is 0.196. The lowest BCUT2D eigenvalue weighted by Crippen LogP contribution is -2.16. The molecule has 2 atom stereocenters. The first-order valence-electron chi connectivity index (χ1n) is 18.6. The van der Waals surface area contributed by atoms with E-state index in [9.17, 15) is 0 Å². The Morgan fingerprint density at radius 2 is 1.49 bits per heavy atom. The molecule has 0 saturated heterocycles. The molecular weight excluding hydrogens is 637 g/mol. The summed E-state index contributed by atoms with van der Waals surface area (Å²) in [4.78, 5) is 0. The van der Waals surface area contributed by atoms with E-state index >= 15 is 0 Å². The summed E-state index contributed by atoms with van der Waals surface area (Å²) < 4.78 is 2.71. The van der Waals surface area contributed by atoms with Crippen LogP contribution in [0, 0.1) is 5.92 Å². The Morgan fingerprint density at radius 3 is 2.22 bits per heavy atom. The third-order valence-corrected chi connectivity index (χ3v) is 10.7. The van der Waals surface area contributed by atoms with Crippen LogP contribution in [0.3, 0.4) is 0 Å². The maximum atomic E-state index is 4.37. The van der Waals surface area contributed by atoms with Gasteiger partial charge in [-0.25, -0.2) is 0 Å². The Bertz CT molecular complexity index is 1900. The largest absolute Gasteiger partial charge is 0.384 e. The summed E-state index contributed by atoms with van der Waals surface area (Å²) in [6.45, 7) is 12.9. The zero-order valence-corrected chi connectivity index (χ0v) is 30.8. The van der Waals surface area contributed by atoms with Crippen LogP contribution in [0.4, 0.5) is 0 Å². The van der Waals surface area contributed by atoms with Gasteiger partial charge in [0.1, 0.15) is 0 Å². The Labute approximate surface area is 312 Å². The third-order valence-electron chi connectivity index (χ3n) is 10.6. The number of nitrogens with one attached hydrogen (secondary N) is 2. The summed E-state index contributed by atoms with van der Waals surface area (Å²) in [7, 11) is 0. The SMILES string of the molecule is C=C1/C=C\C=C/NC(c2ccc(-c3cc(C4=CC=C(C5CCCCCC(=C)CC5)CC4)cc(-c4ccc(C(=C)/C=C\C=C/NS)cc4)c3)cc2)C1. The lowest BCUT2D eigenvalue weighted by molar-refractivity contribution is 0.484. The molecule has 2 unspecified atom stereocenters. The van der Waals surface area contributed by atoms with Gasteiger partial charge >= 0.3 is 0 Å². The number of benzene rings is 3. The van der Waals surface area contributed by atoms with Crippen molar-refractivity contribution in [1.29, 1.82) is 0 Å². The predicted molar refractivity (Wildman–Crippen MR) is 225 cm³/mol. The quantitative estimate of drug-likeness (QED) is 0.118. The molecule has 0 aromatic heterocycles. The van der Waals surface area contributed by atoms with Crippen molar-refractivity contribution in [2.45, 2.75) is 70.3 Å². The molecule has 2 nitrogen and oxygen atoms in total. The first-order valence-corrected chi connectivity index (χ1v) is 19.0. The summed E-state index contributed by atoms with van der Waals surface area (Å²) in [5, 5.41) is 3.55. The first-order chi connectivity index (χ1) is 25.0. The molecule has 2 N–H and O–H groups in total. The van der Waals surface area contributed by atoms with E-state index < -0.39 is 0 Å². The van der Waals surface area contributed by atoms with Crippen LogP contribution in [0.15, 0.2) is 164 Å². The molecule has 0 bridgehead atoms. The standard InChI is InChI=1S/C48H52N2S/c1-35-11-5-4-6-14-39(16-15-35)40-21-23-42(24-22-40)46-32-45(41-19-17-38(18-20-41)37(3)13-8-10-30-50-51)33-47(34-46)43-25-27-44(28-26-43)48-31-36(2)12-7-9-29-49-48/h7-10,12-13,17-21,23,25-30,32-34,39,48-51H,1-6,11,14-16,22,24,31H2/b12-7-,13-8-,29-9-,30-10-. The Balaban J connectivity index is 1.31. The lowest BCUT2D eigenvalue weighted by Gasteiger charge is -2.24. The molecule has 1 aliphatic heterocycles. The Morgan fingerprint density at radius 1 is 0.745 bits per heavy atom. The Hall–Kier alpha value is -4.73. The predicted octanol–water partition coefficient (Wildman–Crippen LogP) is 13.2. The second-order valence-electron chi connectivity index (χ2n) is 14.2. The summed E-state index contributed by atoms with van der Waals surface area (Å²) in [5.74, 6) is 0.688. The maximum Gasteiger partial charge on any atom is 0.0548 e. The molecule has 1 saturated carbocycles. The zero-order valence-electron chi connectivity index (χ0n) is 29.9. The van der Waals surface area contributed by atoms with Gasteiger partial charge in [-0.05, 0) is 144 Å². The van der Waals surface area contributed by atoms with Gasteiger partial charge in [-0.3, -0.25) is 0 Å². The molecule has 6 rings (SSSR count). The van der Waals surface area contributed by atoms with Gasteiger partial charge in [-0.1, -0.05) is 147 Å². The van der Waals surface area contributed by atoms with Gasteiger partial charge in [0.2, 0.25) is 0 Å². The van der Waals surface area contributed by atoms with Crippen LogP contribution in [0.1, 0.15) is 86.9 Å². The molecule has 3 heteroatoms. The summed E-state index contributed by atoms with van der Waals surface area (Å²) in [5.41, 5.74) is 15.1. The van der Waals surface area contributed by atoms with E-state index in [1.54, 1.807) is 11.8 Å². The van der Waals surface area contributed by atoms with Gasteiger partial charge in [0.15, 0.2) is 0 Å². The van der Waals surface area contributed by atoms with Gasteiger partial charge in [0, 0.05) is 6.20 Å². The van der Waals surface area contributed by atoms with Crippen LogP contribution < -0.4 is 10.0 Å². The average Bonchev–Trinajstić information content (AvgIpc) is 3.26. The molecule has 0 spiro atoms. The highest BCUT2D eigenvalue weighted by molar-refractivity contribution is 7.78. The molecule has 1 fully saturated rings. The number of rotatable bonds is 9. The van der Waals surface area contributed by atoms with Crippen molar-refractivity contribution in [1.82, 2.24) is 10.0 Å². The molecule has 260 valence electrons. The number of hydrogen-bond acceptors (Lipinski definition) is 3. The molecule has 51 heavy (non-hydrogen) atoms. The van der Waals surface area contributed by atoms with Crippen molar-refractivity contribution in [2.75, 3.05) is 0 Å². The van der Waals surface area contributed by atoms with E-state index in [1.807, 2.05) is 36.6 Å². The highest BCUT2D eigenvalue weighted by Crippen LogP contribution is 2.39. The molecule has 3 aromatic carbocycles. The Kier molecular flexibility index (Phi) is 12.7. The van der Waals surface area contributed by atoms with Gasteiger partial charge in [0.05, 0.1) is 6.04 Å². The number of hydrogen-bond donors (Lipinski definition) is 3. The third kappa shape index (κ3) is 9.96. The highest BCUT2D eigenvalue weighted by Gasteiger charge is 2.20. The van der Waals surface area contributed by atoms with E-state index in [1.165, 1.54) is 89.5 Å². The van der Waals surface area contributed by atoms with Crippen molar-refractivity contribution >= 4 is 24.0 Å². The van der Waals surface area contributed by atoms with E-state index in [0.717, 1.165) is 36.0 Å². The zero-order chi connectivity index (χ0) is 35.4. The van der Waals surface area contributed by atoms with E-state index in [0.29, 0.717) is 5.92 Å². The van der Waals surface area contributed by atoms with Crippen LogP contribution in [0.2, 0.25) is 0 Å². The second kappa shape index (κ2) is 18.0. The smallest absolute Gasteiger partial charge is 0.0548 e. The van der Waals surface area contributed by atoms with Crippen LogP contribution in [-0.4, -0.2) is 0 Å². The fourth-order valence-corrected chi connectivity index (χ4v) is 7.60. The molecule has 0 radical (unpaired) electrons. The van der Waals surface area contributed by atoms with E-state index in [4.69, 9.17) is 0 Å². The normalized spacial score (nSPS) is 21.4. The molecule has 1 heterocycles. The topological polar surface area (TPSA) is 24.1 Å². The van der Waals surface area contributed by atoms with Crippen LogP contribution in [-0.2, 0) is 0 Å². The van der Waals surface area contributed by atoms with Crippen molar-refractivity contribution in [3.05, 3.63) is 181 Å². The fraction of sp³-hybridized carbons (Fsp3) is 0.250. The maximum absolute atomic E-state index is 4.37. The van der Waals surface area contributed by atoms with Crippen LogP contribution >= 0.6 is 12.8 Å². The molecule has 3 aromatic rings. The lowest BCUT2D eigenvalue weighted by atomic mass is 9.81. The molecule has 0 amide bonds. The number of thiol groups is 1. The van der Waals surface area contributed by atoms with Crippen molar-refractivity contribution < 1.29 is 0 Å². The van der Waals surface area contributed by atoms with Crippen molar-refractivity contribution in [3.63, 3.8) is 0 Å². The van der Waals surface area contributed by atoms with Gasteiger partial charge in [-0.15, -0.1) is 0 Å². The van der Waals surface area contributed by atoms with Gasteiger partial charge in [0.25, 0.3) is 0 Å². The van der Waals surface area contributed by atoms with E-state index in [2.05, 4.69) is 128 Å². The minimum atomic E-state index is 0.196. The molecular formula is C48H52N2S. The van der Waals surface area contributed by atoms with Crippen molar-refractivity contribution in [2.24, 2.45) is 5.92 Å². The van der Waals surface area contributed by atoms with Crippen LogP contribution in [0.5, 0.6) is 0 Å². The minimum Gasteiger partial charge on any atom is -0.384 e. The van der Waals surface area contributed by atoms with Crippen LogP contribution in [0.25, 0.3) is 33.4 Å². The highest BCUT2D eigenvalue weighted by atomic mass is 32.1. The summed E-state index contributed by atoms with van der Waals surface area (Å²) >= 11 is 4.00. The first kappa shape index (κ1) is 36.1. The van der Waals surface area contributed by atoms with Crippen molar-refractivity contribution in [3.8, 4) is 22.3 Å². The molecule has 3 aliphatic rings. The van der Waals surface area contributed by atoms with Gasteiger partial charge < -0.3 is 10.0 Å². The molecule has 2 aliphatic carbocycles. The summed E-state index contributed by atoms with van der Waals surface area (Å²) in [6, 6.07) is 25.2. The average molecular weight is 689 g/mol. The second-order valence-corrected chi connectivity index (χ2v) is 14.4. The summed E-state index contributed by atoms with van der Waals surface area (Å²) in [6.07, 6.45) is 32.7.